The number of hydrogen-bond donors (Lipinski definition) is 1. The highest BCUT2D eigenvalue weighted by Gasteiger charge is 2.21. The van der Waals surface area contributed by atoms with Gasteiger partial charge in [-0.05, 0) is 32.0 Å². The first-order valence-corrected chi connectivity index (χ1v) is 9.52. The van der Waals surface area contributed by atoms with Crippen molar-refractivity contribution >= 4 is 45.3 Å². The number of carbonyl (C=O) groups excluding carboxylic acids is 1. The van der Waals surface area contributed by atoms with E-state index < -0.39 is 0 Å². The molecule has 4 rings (SSSR count). The first-order chi connectivity index (χ1) is 12.0. The second-order valence-corrected chi connectivity index (χ2v) is 8.24. The first kappa shape index (κ1) is 16.4. The maximum absolute atomic E-state index is 12.5. The van der Waals surface area contributed by atoms with Crippen molar-refractivity contribution in [2.75, 3.05) is 12.1 Å². The van der Waals surface area contributed by atoms with Crippen LogP contribution in [0.25, 0.3) is 11.3 Å². The molecule has 0 unspecified atom stereocenters. The molecule has 2 aromatic heterocycles. The fourth-order valence-corrected chi connectivity index (χ4v) is 4.51. The van der Waals surface area contributed by atoms with Gasteiger partial charge < -0.3 is 9.47 Å². The second kappa shape index (κ2) is 6.33. The molecule has 0 saturated carbocycles. The predicted octanol–water partition coefficient (Wildman–Crippen LogP) is 5.12. The van der Waals surface area contributed by atoms with Crippen molar-refractivity contribution in [3.8, 4) is 22.8 Å². The summed E-state index contributed by atoms with van der Waals surface area (Å²) in [6.07, 6.45) is 0. The molecule has 0 spiro atoms. The van der Waals surface area contributed by atoms with Gasteiger partial charge in [-0.1, -0.05) is 11.6 Å². The molecule has 0 atom stereocenters. The summed E-state index contributed by atoms with van der Waals surface area (Å²) >= 11 is 9.25. The van der Waals surface area contributed by atoms with E-state index in [9.17, 15) is 4.79 Å². The number of amides is 1. The Morgan fingerprint density at radius 2 is 2.12 bits per heavy atom. The predicted molar refractivity (Wildman–Crippen MR) is 100 cm³/mol. The largest absolute Gasteiger partial charge is 0.454 e. The van der Waals surface area contributed by atoms with Crippen LogP contribution in [-0.4, -0.2) is 17.7 Å². The molecule has 0 saturated heterocycles. The number of benzene rings is 1. The number of aromatic nitrogens is 1. The Morgan fingerprint density at radius 3 is 2.88 bits per heavy atom. The third-order valence-corrected chi connectivity index (χ3v) is 5.74. The van der Waals surface area contributed by atoms with Gasteiger partial charge in [0.1, 0.15) is 0 Å². The number of anilines is 1. The summed E-state index contributed by atoms with van der Waals surface area (Å²) in [5.41, 5.74) is 2.37. The van der Waals surface area contributed by atoms with Crippen LogP contribution in [0.5, 0.6) is 11.5 Å². The number of nitrogens with one attached hydrogen (secondary N) is 1. The van der Waals surface area contributed by atoms with Crippen molar-refractivity contribution in [2.45, 2.75) is 13.8 Å². The minimum Gasteiger partial charge on any atom is -0.454 e. The lowest BCUT2D eigenvalue weighted by atomic mass is 10.2. The van der Waals surface area contributed by atoms with Crippen molar-refractivity contribution in [1.82, 2.24) is 4.98 Å². The third-order valence-electron chi connectivity index (χ3n) is 3.73. The number of aryl methyl sites for hydroxylation is 2. The Bertz CT molecular complexity index is 980. The third kappa shape index (κ3) is 3.10. The number of rotatable bonds is 3. The number of carbonyl (C=O) groups is 1. The van der Waals surface area contributed by atoms with E-state index in [0.717, 1.165) is 11.3 Å². The monoisotopic (exact) mass is 392 g/mol. The van der Waals surface area contributed by atoms with E-state index in [1.54, 1.807) is 23.5 Å². The zero-order valence-corrected chi connectivity index (χ0v) is 15.8. The molecule has 0 aliphatic carbocycles. The molecule has 128 valence electrons. The molecule has 3 heterocycles. The normalized spacial score (nSPS) is 12.4. The van der Waals surface area contributed by atoms with Crippen molar-refractivity contribution in [1.29, 1.82) is 0 Å². The van der Waals surface area contributed by atoms with Gasteiger partial charge in [-0.15, -0.1) is 22.7 Å². The molecular formula is C17H13ClN2O3S2. The highest BCUT2D eigenvalue weighted by Crippen LogP contribution is 2.40. The van der Waals surface area contributed by atoms with Crippen molar-refractivity contribution in [3.63, 3.8) is 0 Å². The van der Waals surface area contributed by atoms with Gasteiger partial charge in [-0.3, -0.25) is 10.1 Å². The average molecular weight is 393 g/mol. The lowest BCUT2D eigenvalue weighted by Crippen LogP contribution is -2.11. The maximum Gasteiger partial charge on any atom is 0.257 e. The molecule has 1 aliphatic heterocycles. The Labute approximate surface area is 157 Å². The number of hydrogen-bond acceptors (Lipinski definition) is 6. The lowest BCUT2D eigenvalue weighted by molar-refractivity contribution is 0.102. The molecule has 0 bridgehead atoms. The minimum absolute atomic E-state index is 0.107. The van der Waals surface area contributed by atoms with Crippen LogP contribution in [0.1, 0.15) is 20.1 Å². The van der Waals surface area contributed by atoms with Gasteiger partial charge in [0, 0.05) is 26.3 Å². The molecule has 1 N–H and O–H groups in total. The Balaban J connectivity index is 1.56. The minimum atomic E-state index is -0.292. The van der Waals surface area contributed by atoms with Crippen LogP contribution in [0.15, 0.2) is 23.6 Å². The number of fused-ring (bicyclic) bond motifs is 1. The fourth-order valence-electron chi connectivity index (χ4n) is 2.61. The quantitative estimate of drug-likeness (QED) is 0.671. The topological polar surface area (TPSA) is 60.5 Å². The Kier molecular flexibility index (Phi) is 4.15. The van der Waals surface area contributed by atoms with E-state index in [2.05, 4.69) is 30.2 Å². The number of halogens is 1. The van der Waals surface area contributed by atoms with Crippen LogP contribution in [-0.2, 0) is 0 Å². The molecule has 0 fully saturated rings. The molecule has 5 nitrogen and oxygen atoms in total. The van der Waals surface area contributed by atoms with Crippen molar-refractivity contribution in [3.05, 3.63) is 43.9 Å². The standard InChI is InChI=1S/C17H13ClN2O3S2/c1-8-3-11(9(2)25-8)13-6-24-17(19-13)20-16(21)10-4-12(18)15-14(5-10)22-7-23-15/h3-6H,7H2,1-2H3,(H,19,20,21). The zero-order chi connectivity index (χ0) is 17.6. The lowest BCUT2D eigenvalue weighted by Gasteiger charge is -2.05. The van der Waals surface area contributed by atoms with Crippen LogP contribution >= 0.6 is 34.3 Å². The summed E-state index contributed by atoms with van der Waals surface area (Å²) in [6, 6.07) is 5.29. The first-order valence-electron chi connectivity index (χ1n) is 7.44. The van der Waals surface area contributed by atoms with Gasteiger partial charge in [0.2, 0.25) is 6.79 Å². The Hall–Kier alpha value is -2.09. The van der Waals surface area contributed by atoms with E-state index in [0.29, 0.717) is 27.2 Å². The SMILES string of the molecule is Cc1cc(-c2csc(NC(=O)c3cc(Cl)c4c(c3)OCO4)n2)c(C)s1. The van der Waals surface area contributed by atoms with Crippen molar-refractivity contribution < 1.29 is 14.3 Å². The summed E-state index contributed by atoms with van der Waals surface area (Å²) in [7, 11) is 0. The summed E-state index contributed by atoms with van der Waals surface area (Å²) in [5.74, 6) is 0.652. The summed E-state index contributed by atoms with van der Waals surface area (Å²) in [6.45, 7) is 4.24. The van der Waals surface area contributed by atoms with Gasteiger partial charge in [0.05, 0.1) is 10.7 Å². The summed E-state index contributed by atoms with van der Waals surface area (Å²) in [5, 5.41) is 5.64. The van der Waals surface area contributed by atoms with Crippen molar-refractivity contribution in [2.24, 2.45) is 0 Å². The highest BCUT2D eigenvalue weighted by molar-refractivity contribution is 7.14. The van der Waals surface area contributed by atoms with E-state index >= 15 is 0 Å². The number of ether oxygens (including phenoxy) is 2. The second-order valence-electron chi connectivity index (χ2n) is 5.51. The summed E-state index contributed by atoms with van der Waals surface area (Å²) in [4.78, 5) is 19.5. The van der Waals surface area contributed by atoms with E-state index in [4.69, 9.17) is 21.1 Å². The van der Waals surface area contributed by atoms with Crippen LogP contribution < -0.4 is 14.8 Å². The molecule has 1 aromatic carbocycles. The van der Waals surface area contributed by atoms with E-state index in [-0.39, 0.29) is 12.7 Å². The van der Waals surface area contributed by atoms with E-state index in [1.165, 1.54) is 21.1 Å². The van der Waals surface area contributed by atoms with Crippen LogP contribution in [0.3, 0.4) is 0 Å². The average Bonchev–Trinajstić information content (AvgIpc) is 3.27. The number of thiophene rings is 1. The number of nitrogens with zero attached hydrogens (tertiary/aromatic N) is 1. The molecule has 1 aliphatic rings. The number of thiazole rings is 1. The van der Waals surface area contributed by atoms with Crippen LogP contribution in [0.4, 0.5) is 5.13 Å². The van der Waals surface area contributed by atoms with Gasteiger partial charge in [0.15, 0.2) is 16.6 Å². The maximum atomic E-state index is 12.5. The zero-order valence-electron chi connectivity index (χ0n) is 13.4. The fraction of sp³-hybridized carbons (Fsp3) is 0.176. The smallest absolute Gasteiger partial charge is 0.257 e. The molecule has 8 heteroatoms. The van der Waals surface area contributed by atoms with E-state index in [1.807, 2.05) is 5.38 Å². The molecule has 0 radical (unpaired) electrons. The molecule has 25 heavy (non-hydrogen) atoms. The molecular weight excluding hydrogens is 380 g/mol. The molecule has 3 aromatic rings. The summed E-state index contributed by atoms with van der Waals surface area (Å²) < 4.78 is 10.6. The van der Waals surface area contributed by atoms with Crippen LogP contribution in [0.2, 0.25) is 5.02 Å². The van der Waals surface area contributed by atoms with Gasteiger partial charge in [-0.25, -0.2) is 4.98 Å². The molecule has 1 amide bonds. The van der Waals surface area contributed by atoms with Gasteiger partial charge >= 0.3 is 0 Å². The Morgan fingerprint density at radius 1 is 1.28 bits per heavy atom. The van der Waals surface area contributed by atoms with Gasteiger partial charge in [0.25, 0.3) is 5.91 Å². The highest BCUT2D eigenvalue weighted by atomic mass is 35.5. The van der Waals surface area contributed by atoms with Crippen LogP contribution in [0, 0.1) is 13.8 Å². The van der Waals surface area contributed by atoms with Gasteiger partial charge in [-0.2, -0.15) is 0 Å².